The molecule has 5 atom stereocenters. The minimum atomic E-state index is -0.768. The Hall–Kier alpha value is -0.420. The number of hydrogen-bond donors (Lipinski definition) is 2. The molecule has 0 spiro atoms. The van der Waals surface area contributed by atoms with Crippen molar-refractivity contribution in [3.05, 3.63) is 0 Å². The minimum Gasteiger partial charge on any atom is -0.353 e. The molecule has 98 valence electrons. The third kappa shape index (κ3) is 3.28. The highest BCUT2D eigenvalue weighted by molar-refractivity contribution is 7.84. The van der Waals surface area contributed by atoms with E-state index < -0.39 is 10.8 Å². The van der Waals surface area contributed by atoms with Gasteiger partial charge in [0.25, 0.3) is 0 Å². The van der Waals surface area contributed by atoms with Crippen molar-refractivity contribution in [2.24, 2.45) is 5.92 Å². The van der Waals surface area contributed by atoms with Crippen molar-refractivity contribution >= 4 is 16.7 Å². The molecular weight excluding hydrogens is 236 g/mol. The molecule has 2 bridgehead atoms. The van der Waals surface area contributed by atoms with Gasteiger partial charge in [-0.15, -0.1) is 0 Å². The molecule has 0 aliphatic carbocycles. The fourth-order valence-electron chi connectivity index (χ4n) is 2.88. The lowest BCUT2D eigenvalue weighted by molar-refractivity contribution is -0.126. The fraction of sp³-hybridized carbons (Fsp3) is 0.917. The normalized spacial score (nSPS) is 34.6. The Morgan fingerprint density at radius 3 is 2.82 bits per heavy atom. The van der Waals surface area contributed by atoms with Crippen LogP contribution in [0.4, 0.5) is 0 Å². The average molecular weight is 258 g/mol. The monoisotopic (exact) mass is 258 g/mol. The maximum absolute atomic E-state index is 12.1. The molecule has 5 unspecified atom stereocenters. The van der Waals surface area contributed by atoms with Gasteiger partial charge in [-0.2, -0.15) is 0 Å². The Balaban J connectivity index is 1.75. The maximum Gasteiger partial charge on any atom is 0.224 e. The highest BCUT2D eigenvalue weighted by Gasteiger charge is 2.42. The first-order valence-electron chi connectivity index (χ1n) is 6.42. The Morgan fingerprint density at radius 1 is 1.53 bits per heavy atom. The highest BCUT2D eigenvalue weighted by atomic mass is 32.2. The van der Waals surface area contributed by atoms with Crippen molar-refractivity contribution in [2.75, 3.05) is 12.0 Å². The van der Waals surface area contributed by atoms with E-state index in [1.54, 1.807) is 6.26 Å². The number of hydrogen-bond acceptors (Lipinski definition) is 3. The van der Waals surface area contributed by atoms with E-state index in [-0.39, 0.29) is 17.9 Å². The highest BCUT2D eigenvalue weighted by Crippen LogP contribution is 2.33. The summed E-state index contributed by atoms with van der Waals surface area (Å²) in [6.07, 6.45) is 5.84. The van der Waals surface area contributed by atoms with Gasteiger partial charge >= 0.3 is 0 Å². The zero-order valence-electron chi connectivity index (χ0n) is 10.6. The second-order valence-electron chi connectivity index (χ2n) is 5.37. The molecule has 2 rings (SSSR count). The molecule has 0 aromatic carbocycles. The van der Waals surface area contributed by atoms with E-state index in [0.717, 1.165) is 19.3 Å². The van der Waals surface area contributed by atoms with Crippen LogP contribution in [0.5, 0.6) is 0 Å². The van der Waals surface area contributed by atoms with Crippen LogP contribution in [0.2, 0.25) is 0 Å². The van der Waals surface area contributed by atoms with Gasteiger partial charge in [0.05, 0.1) is 5.92 Å². The Labute approximate surface area is 105 Å². The summed E-state index contributed by atoms with van der Waals surface area (Å²) >= 11 is 0. The van der Waals surface area contributed by atoms with Gasteiger partial charge in [0.15, 0.2) is 0 Å². The number of rotatable bonds is 5. The van der Waals surface area contributed by atoms with Gasteiger partial charge in [-0.05, 0) is 32.6 Å². The van der Waals surface area contributed by atoms with Crippen LogP contribution in [-0.2, 0) is 15.6 Å². The van der Waals surface area contributed by atoms with E-state index >= 15 is 0 Å². The third-order valence-corrected chi connectivity index (χ3v) is 4.67. The van der Waals surface area contributed by atoms with Crippen molar-refractivity contribution in [1.82, 2.24) is 10.6 Å². The quantitative estimate of drug-likeness (QED) is 0.750. The van der Waals surface area contributed by atoms with Crippen molar-refractivity contribution in [1.29, 1.82) is 0 Å². The molecule has 0 saturated carbocycles. The topological polar surface area (TPSA) is 58.2 Å². The van der Waals surface area contributed by atoms with Crippen molar-refractivity contribution in [3.8, 4) is 0 Å². The number of nitrogens with one attached hydrogen (secondary N) is 2. The van der Waals surface area contributed by atoms with Crippen molar-refractivity contribution in [3.63, 3.8) is 0 Å². The van der Waals surface area contributed by atoms with Crippen LogP contribution < -0.4 is 10.6 Å². The summed E-state index contributed by atoms with van der Waals surface area (Å²) in [6.45, 7) is 1.99. The Morgan fingerprint density at radius 2 is 2.29 bits per heavy atom. The standard InChI is InChI=1S/C12H22N2O2S/c1-8(5-6-17(2)16)13-12(15)10-7-9-3-4-11(10)14-9/h8-11,14H,3-7H2,1-2H3,(H,13,15). The lowest BCUT2D eigenvalue weighted by Crippen LogP contribution is -2.42. The number of amides is 1. The van der Waals surface area contributed by atoms with Crippen molar-refractivity contribution < 1.29 is 9.00 Å². The number of fused-ring (bicyclic) bond motifs is 2. The average Bonchev–Trinajstić information content (AvgIpc) is 2.87. The zero-order chi connectivity index (χ0) is 12.4. The summed E-state index contributed by atoms with van der Waals surface area (Å²) in [6, 6.07) is 1.09. The molecule has 0 aromatic rings. The van der Waals surface area contributed by atoms with Crippen LogP contribution in [0.3, 0.4) is 0 Å². The molecule has 2 saturated heterocycles. The van der Waals surface area contributed by atoms with Gasteiger partial charge < -0.3 is 10.6 Å². The van der Waals surface area contributed by atoms with E-state index in [1.165, 1.54) is 6.42 Å². The van der Waals surface area contributed by atoms with E-state index in [1.807, 2.05) is 6.92 Å². The zero-order valence-corrected chi connectivity index (χ0v) is 11.4. The largest absolute Gasteiger partial charge is 0.353 e. The fourth-order valence-corrected chi connectivity index (χ4v) is 3.56. The molecule has 0 aromatic heterocycles. The molecule has 5 heteroatoms. The molecule has 2 N–H and O–H groups in total. The number of carbonyl (C=O) groups excluding carboxylic acids is 1. The first kappa shape index (κ1) is 13.0. The number of carbonyl (C=O) groups is 1. The van der Waals surface area contributed by atoms with Crippen LogP contribution in [-0.4, -0.2) is 40.3 Å². The Bertz CT molecular complexity index is 322. The second-order valence-corrected chi connectivity index (χ2v) is 6.92. The van der Waals surface area contributed by atoms with Crippen LogP contribution in [0.15, 0.2) is 0 Å². The first-order valence-corrected chi connectivity index (χ1v) is 8.15. The molecule has 2 aliphatic rings. The van der Waals surface area contributed by atoms with Crippen molar-refractivity contribution in [2.45, 2.75) is 50.7 Å². The molecule has 17 heavy (non-hydrogen) atoms. The van der Waals surface area contributed by atoms with Crippen LogP contribution in [0.25, 0.3) is 0 Å². The summed E-state index contributed by atoms with van der Waals surface area (Å²) < 4.78 is 11.0. The predicted molar refractivity (Wildman–Crippen MR) is 69.2 cm³/mol. The summed E-state index contributed by atoms with van der Waals surface area (Å²) in [5.41, 5.74) is 0. The summed E-state index contributed by atoms with van der Waals surface area (Å²) in [5.74, 6) is 0.999. The van der Waals surface area contributed by atoms with Crippen LogP contribution in [0.1, 0.15) is 32.6 Å². The van der Waals surface area contributed by atoms with E-state index in [2.05, 4.69) is 10.6 Å². The molecule has 0 radical (unpaired) electrons. The molecule has 2 fully saturated rings. The first-order chi connectivity index (χ1) is 8.06. The van der Waals surface area contributed by atoms with E-state index in [9.17, 15) is 9.00 Å². The third-order valence-electron chi connectivity index (χ3n) is 3.86. The summed E-state index contributed by atoms with van der Waals surface area (Å²) in [5, 5.41) is 6.52. The van der Waals surface area contributed by atoms with Gasteiger partial charge in [0.2, 0.25) is 5.91 Å². The minimum absolute atomic E-state index is 0.130. The van der Waals surface area contributed by atoms with Gasteiger partial charge in [-0.1, -0.05) is 0 Å². The second kappa shape index (κ2) is 5.48. The van der Waals surface area contributed by atoms with Gasteiger partial charge in [0.1, 0.15) is 0 Å². The molecule has 4 nitrogen and oxygen atoms in total. The summed E-state index contributed by atoms with van der Waals surface area (Å²) in [4.78, 5) is 12.1. The van der Waals surface area contributed by atoms with Crippen LogP contribution >= 0.6 is 0 Å². The molecular formula is C12H22N2O2S. The smallest absolute Gasteiger partial charge is 0.224 e. The molecule has 2 heterocycles. The molecule has 1 amide bonds. The Kier molecular flexibility index (Phi) is 4.20. The van der Waals surface area contributed by atoms with Gasteiger partial charge in [-0.25, -0.2) is 0 Å². The van der Waals surface area contributed by atoms with Gasteiger partial charge in [-0.3, -0.25) is 9.00 Å². The summed E-state index contributed by atoms with van der Waals surface area (Å²) in [7, 11) is -0.768. The predicted octanol–water partition coefficient (Wildman–Crippen LogP) is 0.400. The molecule has 2 aliphatic heterocycles. The van der Waals surface area contributed by atoms with E-state index in [0.29, 0.717) is 17.8 Å². The SMILES string of the molecule is CC(CCS(C)=O)NC(=O)C1CC2CCC1N2. The van der Waals surface area contributed by atoms with E-state index in [4.69, 9.17) is 0 Å². The lowest BCUT2D eigenvalue weighted by Gasteiger charge is -2.22. The van der Waals surface area contributed by atoms with Crippen LogP contribution in [0, 0.1) is 5.92 Å². The maximum atomic E-state index is 12.1. The lowest BCUT2D eigenvalue weighted by atomic mass is 9.88. The van der Waals surface area contributed by atoms with Gasteiger partial charge in [0, 0.05) is 40.9 Å².